The zero-order valence-electron chi connectivity index (χ0n) is 13.9. The van der Waals surface area contributed by atoms with Crippen molar-refractivity contribution in [1.82, 2.24) is 9.97 Å². The van der Waals surface area contributed by atoms with E-state index in [0.717, 1.165) is 11.0 Å². The Hall–Kier alpha value is -3.07. The van der Waals surface area contributed by atoms with Gasteiger partial charge in [0.1, 0.15) is 11.4 Å². The van der Waals surface area contributed by atoms with Crippen molar-refractivity contribution in [2.24, 2.45) is 0 Å². The molecule has 9 heteroatoms. The van der Waals surface area contributed by atoms with Gasteiger partial charge in [-0.25, -0.2) is 4.98 Å². The van der Waals surface area contributed by atoms with Gasteiger partial charge in [-0.15, -0.1) is 0 Å². The number of fused-ring (bicyclic) bond motifs is 1. The highest BCUT2D eigenvalue weighted by molar-refractivity contribution is 7.99. The number of hydrogen-bond acceptors (Lipinski definition) is 6. The molecular weight excluding hydrogens is 356 g/mol. The number of imidazole rings is 1. The minimum Gasteiger partial charge on any atom is -0.494 e. The number of carbonyl (C=O) groups excluding carboxylic acids is 1. The fourth-order valence-electron chi connectivity index (χ4n) is 2.34. The van der Waals surface area contributed by atoms with Crippen molar-refractivity contribution in [3.05, 3.63) is 52.6 Å². The third kappa shape index (κ3) is 4.12. The zero-order chi connectivity index (χ0) is 18.5. The Morgan fingerprint density at radius 1 is 1.35 bits per heavy atom. The third-order valence-electron chi connectivity index (χ3n) is 3.46. The fraction of sp³-hybridized carbons (Fsp3) is 0.176. The van der Waals surface area contributed by atoms with Gasteiger partial charge >= 0.3 is 0 Å². The third-order valence-corrected chi connectivity index (χ3v) is 4.33. The number of aromatic amines is 1. The van der Waals surface area contributed by atoms with Gasteiger partial charge in [0.25, 0.3) is 5.69 Å². The molecule has 0 unspecified atom stereocenters. The van der Waals surface area contributed by atoms with E-state index in [9.17, 15) is 14.9 Å². The Balaban J connectivity index is 1.66. The minimum absolute atomic E-state index is 0.0736. The molecule has 3 aromatic rings. The number of nitrogens with zero attached hydrogens (tertiary/aromatic N) is 2. The maximum Gasteiger partial charge on any atom is 0.296 e. The SMILES string of the molecule is CCOc1ccc(NC(=O)CSc2nc3ccccc3[nH]2)c([N+](=O)[O-])c1. The topological polar surface area (TPSA) is 110 Å². The number of ether oxygens (including phenoxy) is 1. The molecule has 0 atom stereocenters. The lowest BCUT2D eigenvalue weighted by molar-refractivity contribution is -0.384. The molecule has 1 heterocycles. The van der Waals surface area contributed by atoms with Gasteiger partial charge in [0.2, 0.25) is 5.91 Å². The first-order valence-electron chi connectivity index (χ1n) is 7.85. The van der Waals surface area contributed by atoms with E-state index in [1.807, 2.05) is 24.3 Å². The van der Waals surface area contributed by atoms with Gasteiger partial charge in [0, 0.05) is 0 Å². The molecule has 2 aromatic carbocycles. The van der Waals surface area contributed by atoms with Crippen LogP contribution in [0.5, 0.6) is 5.75 Å². The van der Waals surface area contributed by atoms with Crippen LogP contribution in [0, 0.1) is 10.1 Å². The minimum atomic E-state index is -0.551. The number of nitrogens with one attached hydrogen (secondary N) is 2. The molecule has 0 aliphatic rings. The predicted molar refractivity (Wildman–Crippen MR) is 99.7 cm³/mol. The average Bonchev–Trinajstić information content (AvgIpc) is 3.04. The van der Waals surface area contributed by atoms with E-state index in [2.05, 4.69) is 15.3 Å². The van der Waals surface area contributed by atoms with Gasteiger partial charge < -0.3 is 15.0 Å². The van der Waals surface area contributed by atoms with E-state index >= 15 is 0 Å². The van der Waals surface area contributed by atoms with Crippen LogP contribution in [-0.4, -0.2) is 33.2 Å². The van der Waals surface area contributed by atoms with E-state index in [1.54, 1.807) is 13.0 Å². The zero-order valence-corrected chi connectivity index (χ0v) is 14.7. The molecule has 0 saturated carbocycles. The van der Waals surface area contributed by atoms with Gasteiger partial charge in [-0.1, -0.05) is 23.9 Å². The summed E-state index contributed by atoms with van der Waals surface area (Å²) in [5, 5.41) is 14.4. The summed E-state index contributed by atoms with van der Waals surface area (Å²) >= 11 is 1.23. The Labute approximate surface area is 153 Å². The number of H-pyrrole nitrogens is 1. The lowest BCUT2D eigenvalue weighted by Crippen LogP contribution is -2.15. The van der Waals surface area contributed by atoms with Crippen LogP contribution in [0.25, 0.3) is 11.0 Å². The molecule has 0 aliphatic carbocycles. The highest BCUT2D eigenvalue weighted by Crippen LogP contribution is 2.29. The standard InChI is InChI=1S/C17H16N4O4S/c1-2-25-11-7-8-14(15(9-11)21(23)24)18-16(22)10-26-17-19-12-5-3-4-6-13(12)20-17/h3-9H,2,10H2,1H3,(H,18,22)(H,19,20). The normalized spacial score (nSPS) is 10.7. The van der Waals surface area contributed by atoms with Gasteiger partial charge in [-0.3, -0.25) is 14.9 Å². The molecule has 0 radical (unpaired) electrons. The summed E-state index contributed by atoms with van der Waals surface area (Å²) in [7, 11) is 0. The highest BCUT2D eigenvalue weighted by atomic mass is 32.2. The predicted octanol–water partition coefficient (Wildman–Crippen LogP) is 3.60. The van der Waals surface area contributed by atoms with Gasteiger partial charge in [0.15, 0.2) is 5.16 Å². The van der Waals surface area contributed by atoms with Crippen LogP contribution < -0.4 is 10.1 Å². The van der Waals surface area contributed by atoms with E-state index in [-0.39, 0.29) is 23.0 Å². The Morgan fingerprint density at radius 3 is 2.88 bits per heavy atom. The van der Waals surface area contributed by atoms with Crippen LogP contribution in [0.3, 0.4) is 0 Å². The smallest absolute Gasteiger partial charge is 0.296 e. The van der Waals surface area contributed by atoms with E-state index in [1.165, 1.54) is 23.9 Å². The average molecular weight is 372 g/mol. The second kappa shape index (κ2) is 7.87. The molecule has 3 rings (SSSR count). The highest BCUT2D eigenvalue weighted by Gasteiger charge is 2.17. The summed E-state index contributed by atoms with van der Waals surface area (Å²) in [5.41, 5.74) is 1.63. The summed E-state index contributed by atoms with van der Waals surface area (Å²) in [6.45, 7) is 2.19. The molecule has 1 aromatic heterocycles. The maximum atomic E-state index is 12.2. The van der Waals surface area contributed by atoms with Crippen LogP contribution >= 0.6 is 11.8 Å². The molecule has 0 bridgehead atoms. The lowest BCUT2D eigenvalue weighted by atomic mass is 10.2. The number of amides is 1. The molecule has 2 N–H and O–H groups in total. The quantitative estimate of drug-likeness (QED) is 0.372. The van der Waals surface area contributed by atoms with E-state index in [0.29, 0.717) is 17.5 Å². The summed E-state index contributed by atoms with van der Waals surface area (Å²) in [6, 6.07) is 11.9. The van der Waals surface area contributed by atoms with E-state index in [4.69, 9.17) is 4.74 Å². The molecule has 0 saturated heterocycles. The Kier molecular flexibility index (Phi) is 5.37. The molecular formula is C17H16N4O4S. The number of rotatable bonds is 7. The lowest BCUT2D eigenvalue weighted by Gasteiger charge is -2.08. The second-order valence-corrected chi connectivity index (χ2v) is 6.23. The summed E-state index contributed by atoms with van der Waals surface area (Å²) in [5.74, 6) is 0.0982. The molecule has 0 fully saturated rings. The molecule has 0 spiro atoms. The van der Waals surface area contributed by atoms with Crippen molar-refractivity contribution in [3.8, 4) is 5.75 Å². The van der Waals surface area contributed by atoms with Gasteiger partial charge in [-0.2, -0.15) is 0 Å². The largest absolute Gasteiger partial charge is 0.494 e. The fourth-order valence-corrected chi connectivity index (χ4v) is 3.03. The number of para-hydroxylation sites is 2. The Morgan fingerprint density at radius 2 is 2.15 bits per heavy atom. The number of nitro benzene ring substituents is 1. The van der Waals surface area contributed by atoms with Crippen molar-refractivity contribution >= 4 is 40.1 Å². The van der Waals surface area contributed by atoms with Gasteiger partial charge in [0.05, 0.1) is 34.4 Å². The Bertz CT molecular complexity index is 924. The molecule has 134 valence electrons. The number of aromatic nitrogens is 2. The van der Waals surface area contributed by atoms with E-state index < -0.39 is 4.92 Å². The second-order valence-electron chi connectivity index (χ2n) is 5.27. The van der Waals surface area contributed by atoms with Crippen LogP contribution in [0.15, 0.2) is 47.6 Å². The molecule has 8 nitrogen and oxygen atoms in total. The molecule has 1 amide bonds. The maximum absolute atomic E-state index is 12.2. The van der Waals surface area contributed by atoms with Crippen LogP contribution in [0.2, 0.25) is 0 Å². The first-order chi connectivity index (χ1) is 12.6. The monoisotopic (exact) mass is 372 g/mol. The van der Waals surface area contributed by atoms with Crippen molar-refractivity contribution in [2.75, 3.05) is 17.7 Å². The van der Waals surface area contributed by atoms with Crippen molar-refractivity contribution < 1.29 is 14.5 Å². The summed E-state index contributed by atoms with van der Waals surface area (Å²) in [4.78, 5) is 30.3. The van der Waals surface area contributed by atoms with Gasteiger partial charge in [-0.05, 0) is 31.2 Å². The number of anilines is 1. The van der Waals surface area contributed by atoms with Crippen LogP contribution in [0.4, 0.5) is 11.4 Å². The molecule has 26 heavy (non-hydrogen) atoms. The first-order valence-corrected chi connectivity index (χ1v) is 8.84. The first kappa shape index (κ1) is 17.7. The van der Waals surface area contributed by atoms with Crippen molar-refractivity contribution in [1.29, 1.82) is 0 Å². The molecule has 0 aliphatic heterocycles. The number of thioether (sulfide) groups is 1. The number of nitro groups is 1. The number of benzene rings is 2. The van der Waals surface area contributed by atoms with Crippen molar-refractivity contribution in [2.45, 2.75) is 12.1 Å². The summed E-state index contributed by atoms with van der Waals surface area (Å²) in [6.07, 6.45) is 0. The van der Waals surface area contributed by atoms with Crippen LogP contribution in [-0.2, 0) is 4.79 Å². The number of carbonyl (C=O) groups is 1. The summed E-state index contributed by atoms with van der Waals surface area (Å²) < 4.78 is 5.26. The van der Waals surface area contributed by atoms with Crippen LogP contribution in [0.1, 0.15) is 6.92 Å². The van der Waals surface area contributed by atoms with Crippen molar-refractivity contribution in [3.63, 3.8) is 0 Å². The number of hydrogen-bond donors (Lipinski definition) is 2.